The number of anilines is 1. The van der Waals surface area contributed by atoms with E-state index >= 15 is 0 Å². The summed E-state index contributed by atoms with van der Waals surface area (Å²) in [6.45, 7) is 8.01. The van der Waals surface area contributed by atoms with E-state index in [9.17, 15) is 4.79 Å². The SMILES string of the molecule is C=CCOc1ccc(-c2nn(-c3ccccc3)cc2/C=C2\C(=O)N(c3ccccc3)N=C2C)cc1C. The van der Waals surface area contributed by atoms with E-state index in [1.54, 1.807) is 6.08 Å². The van der Waals surface area contributed by atoms with E-state index < -0.39 is 0 Å². The number of aromatic nitrogens is 2. The highest BCUT2D eigenvalue weighted by Crippen LogP contribution is 2.31. The first-order chi connectivity index (χ1) is 17.5. The Labute approximate surface area is 210 Å². The van der Waals surface area contributed by atoms with Crippen LogP contribution >= 0.6 is 0 Å². The lowest BCUT2D eigenvalue weighted by Crippen LogP contribution is -2.21. The number of aryl methyl sites for hydroxylation is 1. The van der Waals surface area contributed by atoms with E-state index in [0.29, 0.717) is 17.9 Å². The fraction of sp³-hybridized carbons (Fsp3) is 0.100. The van der Waals surface area contributed by atoms with Crippen LogP contribution in [0.2, 0.25) is 0 Å². The number of hydrogen-bond donors (Lipinski definition) is 0. The molecule has 1 aliphatic heterocycles. The minimum absolute atomic E-state index is 0.165. The molecule has 0 radical (unpaired) electrons. The van der Waals surface area contributed by atoms with E-state index in [2.05, 4.69) is 11.7 Å². The third-order valence-corrected chi connectivity index (χ3v) is 5.93. The van der Waals surface area contributed by atoms with Crippen molar-refractivity contribution in [2.45, 2.75) is 13.8 Å². The van der Waals surface area contributed by atoms with Crippen molar-refractivity contribution in [2.75, 3.05) is 11.6 Å². The van der Waals surface area contributed by atoms with E-state index in [1.165, 1.54) is 5.01 Å². The molecule has 1 aliphatic rings. The second-order valence-electron chi connectivity index (χ2n) is 8.49. The van der Waals surface area contributed by atoms with Gasteiger partial charge >= 0.3 is 0 Å². The van der Waals surface area contributed by atoms with Crippen LogP contribution < -0.4 is 9.75 Å². The number of ether oxygens (including phenoxy) is 1. The molecule has 1 aromatic heterocycles. The summed E-state index contributed by atoms with van der Waals surface area (Å²) in [5, 5.41) is 10.9. The van der Waals surface area contributed by atoms with Crippen molar-refractivity contribution in [2.24, 2.45) is 5.10 Å². The van der Waals surface area contributed by atoms with Gasteiger partial charge in [-0.15, -0.1) is 0 Å². The quantitative estimate of drug-likeness (QED) is 0.236. The van der Waals surface area contributed by atoms with Crippen molar-refractivity contribution in [3.05, 3.63) is 114 Å². The van der Waals surface area contributed by atoms with Crippen LogP contribution in [0, 0.1) is 6.92 Å². The van der Waals surface area contributed by atoms with Crippen molar-refractivity contribution >= 4 is 23.4 Å². The van der Waals surface area contributed by atoms with Gasteiger partial charge in [0.25, 0.3) is 5.91 Å². The molecular weight excluding hydrogens is 448 g/mol. The average Bonchev–Trinajstić information content (AvgIpc) is 3.46. The number of amides is 1. The van der Waals surface area contributed by atoms with Crippen molar-refractivity contribution in [3.63, 3.8) is 0 Å². The van der Waals surface area contributed by atoms with Crippen LogP contribution in [0.5, 0.6) is 5.75 Å². The Morgan fingerprint density at radius 1 is 0.944 bits per heavy atom. The molecule has 1 amide bonds. The van der Waals surface area contributed by atoms with Gasteiger partial charge in [-0.3, -0.25) is 4.79 Å². The van der Waals surface area contributed by atoms with Crippen LogP contribution in [-0.4, -0.2) is 28.0 Å². The molecule has 0 spiro atoms. The smallest absolute Gasteiger partial charge is 0.280 e. The van der Waals surface area contributed by atoms with Gasteiger partial charge in [0.05, 0.1) is 28.4 Å². The summed E-state index contributed by atoms with van der Waals surface area (Å²) in [4.78, 5) is 13.3. The van der Waals surface area contributed by atoms with Gasteiger partial charge in [-0.1, -0.05) is 49.1 Å². The zero-order valence-corrected chi connectivity index (χ0v) is 20.3. The number of hydrogen-bond acceptors (Lipinski definition) is 4. The molecule has 36 heavy (non-hydrogen) atoms. The lowest BCUT2D eigenvalue weighted by atomic mass is 10.0. The van der Waals surface area contributed by atoms with Gasteiger partial charge in [-0.05, 0) is 68.0 Å². The molecular formula is C30H26N4O2. The fourth-order valence-corrected chi connectivity index (χ4v) is 4.12. The zero-order chi connectivity index (χ0) is 25.1. The van der Waals surface area contributed by atoms with Crippen molar-refractivity contribution in [1.29, 1.82) is 0 Å². The molecule has 5 rings (SSSR count). The lowest BCUT2D eigenvalue weighted by Gasteiger charge is -2.11. The molecule has 0 N–H and O–H groups in total. The monoisotopic (exact) mass is 474 g/mol. The number of rotatable bonds is 7. The van der Waals surface area contributed by atoms with Gasteiger partial charge in [-0.2, -0.15) is 15.2 Å². The van der Waals surface area contributed by atoms with E-state index in [1.807, 2.05) is 110 Å². The Bertz CT molecular complexity index is 1480. The summed E-state index contributed by atoms with van der Waals surface area (Å²) in [6, 6.07) is 25.3. The van der Waals surface area contributed by atoms with Crippen LogP contribution in [0.25, 0.3) is 23.0 Å². The first-order valence-corrected chi connectivity index (χ1v) is 11.7. The predicted octanol–water partition coefficient (Wildman–Crippen LogP) is 6.22. The molecule has 0 saturated carbocycles. The number of hydrazone groups is 1. The van der Waals surface area contributed by atoms with Gasteiger partial charge in [0.1, 0.15) is 12.4 Å². The maximum absolute atomic E-state index is 13.3. The van der Waals surface area contributed by atoms with Gasteiger partial charge in [-0.25, -0.2) is 4.68 Å². The number of benzene rings is 3. The van der Waals surface area contributed by atoms with Crippen molar-refractivity contribution in [1.82, 2.24) is 9.78 Å². The number of para-hydroxylation sites is 2. The second kappa shape index (κ2) is 9.88. The molecule has 0 saturated heterocycles. The Morgan fingerprint density at radius 3 is 2.31 bits per heavy atom. The Balaban J connectivity index is 1.58. The molecule has 0 bridgehead atoms. The highest BCUT2D eigenvalue weighted by atomic mass is 16.5. The Hall–Kier alpha value is -4.71. The van der Waals surface area contributed by atoms with Crippen molar-refractivity contribution in [3.8, 4) is 22.7 Å². The Kier molecular flexibility index (Phi) is 6.33. The second-order valence-corrected chi connectivity index (χ2v) is 8.49. The standard InChI is InChI=1S/C30H26N4O2/c1-4-17-36-28-16-15-23(18-21(28)2)29-24(20-33(32-29)25-11-7-5-8-12-25)19-27-22(3)31-34(30(27)35)26-13-9-6-10-14-26/h4-16,18-20H,1,17H2,2-3H3/b27-19-. The molecule has 0 unspecified atom stereocenters. The van der Waals surface area contributed by atoms with Crippen LogP contribution in [0.3, 0.4) is 0 Å². The first kappa shape index (κ1) is 23.1. The topological polar surface area (TPSA) is 59.7 Å². The van der Waals surface area contributed by atoms with Gasteiger partial charge in [0.15, 0.2) is 0 Å². The van der Waals surface area contributed by atoms with E-state index in [4.69, 9.17) is 9.84 Å². The zero-order valence-electron chi connectivity index (χ0n) is 20.3. The van der Waals surface area contributed by atoms with Gasteiger partial charge in [0, 0.05) is 17.3 Å². The highest BCUT2D eigenvalue weighted by molar-refractivity contribution is 6.32. The van der Waals surface area contributed by atoms with Crippen LogP contribution in [0.15, 0.2) is 108 Å². The summed E-state index contributed by atoms with van der Waals surface area (Å²) in [6.07, 6.45) is 5.55. The molecule has 2 heterocycles. The third-order valence-electron chi connectivity index (χ3n) is 5.93. The molecule has 0 atom stereocenters. The van der Waals surface area contributed by atoms with Gasteiger partial charge < -0.3 is 4.74 Å². The van der Waals surface area contributed by atoms with Crippen LogP contribution in [-0.2, 0) is 4.79 Å². The lowest BCUT2D eigenvalue weighted by molar-refractivity contribution is -0.114. The highest BCUT2D eigenvalue weighted by Gasteiger charge is 2.29. The largest absolute Gasteiger partial charge is 0.489 e. The molecule has 178 valence electrons. The minimum Gasteiger partial charge on any atom is -0.489 e. The molecule has 4 aromatic rings. The van der Waals surface area contributed by atoms with Crippen LogP contribution in [0.4, 0.5) is 5.69 Å². The molecule has 0 aliphatic carbocycles. The third kappa shape index (κ3) is 4.49. The van der Waals surface area contributed by atoms with E-state index in [-0.39, 0.29) is 5.91 Å². The number of carbonyl (C=O) groups is 1. The molecule has 6 heteroatoms. The minimum atomic E-state index is -0.165. The number of nitrogens with zero attached hydrogens (tertiary/aromatic N) is 4. The van der Waals surface area contributed by atoms with Crippen molar-refractivity contribution < 1.29 is 9.53 Å². The van der Waals surface area contributed by atoms with E-state index in [0.717, 1.165) is 39.5 Å². The molecule has 6 nitrogen and oxygen atoms in total. The first-order valence-electron chi connectivity index (χ1n) is 11.7. The molecule has 0 fully saturated rings. The summed E-state index contributed by atoms with van der Waals surface area (Å²) in [7, 11) is 0. The number of carbonyl (C=O) groups excluding carboxylic acids is 1. The summed E-state index contributed by atoms with van der Waals surface area (Å²) in [5.74, 6) is 0.634. The van der Waals surface area contributed by atoms with Gasteiger partial charge in [0.2, 0.25) is 0 Å². The summed E-state index contributed by atoms with van der Waals surface area (Å²) in [5.41, 5.74) is 6.37. The Morgan fingerprint density at radius 2 is 1.64 bits per heavy atom. The predicted molar refractivity (Wildman–Crippen MR) is 144 cm³/mol. The maximum Gasteiger partial charge on any atom is 0.280 e. The van der Waals surface area contributed by atoms with Crippen LogP contribution in [0.1, 0.15) is 18.1 Å². The fourth-order valence-electron chi connectivity index (χ4n) is 4.12. The maximum atomic E-state index is 13.3. The summed E-state index contributed by atoms with van der Waals surface area (Å²) >= 11 is 0. The normalized spacial score (nSPS) is 14.3. The average molecular weight is 475 g/mol. The molecule has 3 aromatic carbocycles. The summed E-state index contributed by atoms with van der Waals surface area (Å²) < 4.78 is 7.58.